The molecule has 0 aromatic heterocycles. The predicted octanol–water partition coefficient (Wildman–Crippen LogP) is 1.73. The highest BCUT2D eigenvalue weighted by Gasteiger charge is 2.36. The molecule has 1 unspecified atom stereocenters. The summed E-state index contributed by atoms with van der Waals surface area (Å²) in [6.07, 6.45) is 7.48. The van der Waals surface area contributed by atoms with Crippen LogP contribution in [-0.4, -0.2) is 39.1 Å². The Kier molecular flexibility index (Phi) is 4.98. The van der Waals surface area contributed by atoms with E-state index in [0.717, 1.165) is 24.7 Å². The predicted molar refractivity (Wildman–Crippen MR) is 84.9 cm³/mol. The highest BCUT2D eigenvalue weighted by atomic mass is 16.5. The molecule has 0 spiro atoms. The minimum Gasteiger partial charge on any atom is -0.493 e. The standard InChI is InChI=1S/C18H25NO3/c1-21-18-11-14(12-20)7-8-17(18)22-13-15-5-4-10-19-9-3-2-6-16(15)19/h7-8,11-12,15-16H,2-6,9-10,13H2,1H3/p+1/t15-,16-/m1/s1. The third kappa shape index (κ3) is 3.27. The number of quaternary nitrogens is 1. The Morgan fingerprint density at radius 1 is 1.18 bits per heavy atom. The summed E-state index contributed by atoms with van der Waals surface area (Å²) in [6, 6.07) is 6.13. The fraction of sp³-hybridized carbons (Fsp3) is 0.611. The van der Waals surface area contributed by atoms with Crippen LogP contribution in [0.5, 0.6) is 11.5 Å². The van der Waals surface area contributed by atoms with Crippen LogP contribution < -0.4 is 14.4 Å². The van der Waals surface area contributed by atoms with Crippen LogP contribution in [0.15, 0.2) is 18.2 Å². The van der Waals surface area contributed by atoms with Crippen LogP contribution in [0.4, 0.5) is 0 Å². The van der Waals surface area contributed by atoms with Crippen molar-refractivity contribution in [1.82, 2.24) is 0 Å². The zero-order valence-corrected chi connectivity index (χ0v) is 13.3. The molecule has 2 aliphatic rings. The van der Waals surface area contributed by atoms with E-state index < -0.39 is 0 Å². The van der Waals surface area contributed by atoms with E-state index in [1.165, 1.54) is 45.2 Å². The van der Waals surface area contributed by atoms with Gasteiger partial charge in [-0.05, 0) is 50.3 Å². The Labute approximate surface area is 132 Å². The van der Waals surface area contributed by atoms with Crippen LogP contribution in [0.2, 0.25) is 0 Å². The number of piperidine rings is 2. The maximum atomic E-state index is 10.8. The lowest BCUT2D eigenvalue weighted by Gasteiger charge is -2.41. The molecule has 4 heteroatoms. The molecule has 0 radical (unpaired) electrons. The molecule has 22 heavy (non-hydrogen) atoms. The molecule has 2 aliphatic heterocycles. The van der Waals surface area contributed by atoms with Crippen molar-refractivity contribution >= 4 is 6.29 Å². The van der Waals surface area contributed by atoms with Gasteiger partial charge in [0.1, 0.15) is 6.29 Å². The van der Waals surface area contributed by atoms with Crippen molar-refractivity contribution in [2.75, 3.05) is 26.8 Å². The van der Waals surface area contributed by atoms with Crippen LogP contribution in [0.3, 0.4) is 0 Å². The Hall–Kier alpha value is -1.55. The molecule has 2 heterocycles. The number of carbonyl (C=O) groups is 1. The lowest BCUT2D eigenvalue weighted by atomic mass is 9.84. The first-order chi connectivity index (χ1) is 10.8. The van der Waals surface area contributed by atoms with Crippen molar-refractivity contribution < 1.29 is 19.2 Å². The SMILES string of the molecule is COc1cc(C=O)ccc1OC[C@H]1CCC[NH+]2CCCC[C@H]12. The van der Waals surface area contributed by atoms with E-state index in [-0.39, 0.29) is 0 Å². The van der Waals surface area contributed by atoms with E-state index >= 15 is 0 Å². The molecule has 4 nitrogen and oxygen atoms in total. The number of hydrogen-bond acceptors (Lipinski definition) is 3. The van der Waals surface area contributed by atoms with E-state index in [4.69, 9.17) is 9.47 Å². The van der Waals surface area contributed by atoms with Crippen molar-refractivity contribution in [1.29, 1.82) is 0 Å². The molecule has 3 rings (SSSR count). The number of nitrogens with one attached hydrogen (secondary N) is 1. The molecule has 0 bridgehead atoms. The number of hydrogen-bond donors (Lipinski definition) is 1. The van der Waals surface area contributed by atoms with Crippen LogP contribution in [0.25, 0.3) is 0 Å². The Morgan fingerprint density at radius 2 is 2.05 bits per heavy atom. The Morgan fingerprint density at radius 3 is 2.86 bits per heavy atom. The van der Waals surface area contributed by atoms with Gasteiger partial charge >= 0.3 is 0 Å². The molecular formula is C18H26NO3+. The van der Waals surface area contributed by atoms with Gasteiger partial charge < -0.3 is 14.4 Å². The third-order valence-electron chi connectivity index (χ3n) is 5.21. The van der Waals surface area contributed by atoms with Crippen molar-refractivity contribution in [2.45, 2.75) is 38.1 Å². The maximum Gasteiger partial charge on any atom is 0.161 e. The highest BCUT2D eigenvalue weighted by Crippen LogP contribution is 2.29. The summed E-state index contributed by atoms with van der Waals surface area (Å²) in [4.78, 5) is 12.6. The zero-order valence-electron chi connectivity index (χ0n) is 13.3. The fourth-order valence-corrected chi connectivity index (χ4v) is 4.05. The maximum absolute atomic E-state index is 10.8. The molecule has 3 atom stereocenters. The summed E-state index contributed by atoms with van der Waals surface area (Å²) in [6.45, 7) is 3.42. The summed E-state index contributed by atoms with van der Waals surface area (Å²) >= 11 is 0. The molecule has 2 saturated heterocycles. The van der Waals surface area contributed by atoms with Gasteiger partial charge in [0.2, 0.25) is 0 Å². The number of fused-ring (bicyclic) bond motifs is 1. The summed E-state index contributed by atoms with van der Waals surface area (Å²) in [7, 11) is 1.62. The Bertz CT molecular complexity index is 515. The summed E-state index contributed by atoms with van der Waals surface area (Å²) in [5.74, 6) is 2.03. The first-order valence-corrected chi connectivity index (χ1v) is 8.42. The van der Waals surface area contributed by atoms with Crippen LogP contribution >= 0.6 is 0 Å². The quantitative estimate of drug-likeness (QED) is 0.842. The van der Waals surface area contributed by atoms with Gasteiger partial charge in [0.15, 0.2) is 11.5 Å². The largest absolute Gasteiger partial charge is 0.493 e. The van der Waals surface area contributed by atoms with E-state index in [1.807, 2.05) is 6.07 Å². The number of benzene rings is 1. The van der Waals surface area contributed by atoms with Gasteiger partial charge in [-0.2, -0.15) is 0 Å². The van der Waals surface area contributed by atoms with Crippen molar-refractivity contribution in [3.05, 3.63) is 23.8 Å². The van der Waals surface area contributed by atoms with Gasteiger partial charge in [-0.25, -0.2) is 0 Å². The lowest BCUT2D eigenvalue weighted by Crippen LogP contribution is -3.18. The van der Waals surface area contributed by atoms with Gasteiger partial charge in [-0.1, -0.05) is 0 Å². The van der Waals surface area contributed by atoms with E-state index in [0.29, 0.717) is 17.2 Å². The van der Waals surface area contributed by atoms with Crippen LogP contribution in [0.1, 0.15) is 42.5 Å². The van der Waals surface area contributed by atoms with Crippen LogP contribution in [0, 0.1) is 5.92 Å². The second-order valence-electron chi connectivity index (χ2n) is 6.50. The molecule has 0 amide bonds. The number of carbonyl (C=O) groups excluding carboxylic acids is 1. The summed E-state index contributed by atoms with van der Waals surface area (Å²) in [5, 5.41) is 0. The number of rotatable bonds is 5. The first-order valence-electron chi connectivity index (χ1n) is 8.42. The lowest BCUT2D eigenvalue weighted by molar-refractivity contribution is -0.940. The molecule has 1 N–H and O–H groups in total. The molecular weight excluding hydrogens is 278 g/mol. The average Bonchev–Trinajstić information content (AvgIpc) is 2.59. The van der Waals surface area contributed by atoms with Crippen molar-refractivity contribution in [3.8, 4) is 11.5 Å². The zero-order chi connectivity index (χ0) is 15.4. The van der Waals surface area contributed by atoms with E-state index in [9.17, 15) is 4.79 Å². The monoisotopic (exact) mass is 304 g/mol. The Balaban J connectivity index is 1.65. The highest BCUT2D eigenvalue weighted by molar-refractivity contribution is 5.76. The molecule has 1 aromatic carbocycles. The normalized spacial score (nSPS) is 27.8. The number of methoxy groups -OCH3 is 1. The molecule has 2 fully saturated rings. The van der Waals surface area contributed by atoms with Gasteiger partial charge in [-0.3, -0.25) is 4.79 Å². The van der Waals surface area contributed by atoms with Gasteiger partial charge in [0.05, 0.1) is 32.8 Å². The van der Waals surface area contributed by atoms with Gasteiger partial charge in [-0.15, -0.1) is 0 Å². The fourth-order valence-electron chi connectivity index (χ4n) is 4.05. The molecule has 1 aromatic rings. The number of aldehydes is 1. The van der Waals surface area contributed by atoms with Crippen molar-refractivity contribution in [2.24, 2.45) is 5.92 Å². The summed E-state index contributed by atoms with van der Waals surface area (Å²) in [5.41, 5.74) is 0.616. The van der Waals surface area contributed by atoms with Crippen LogP contribution in [-0.2, 0) is 0 Å². The second kappa shape index (κ2) is 7.14. The summed E-state index contributed by atoms with van der Waals surface area (Å²) < 4.78 is 11.4. The molecule has 120 valence electrons. The second-order valence-corrected chi connectivity index (χ2v) is 6.50. The minimum absolute atomic E-state index is 0.616. The molecule has 0 aliphatic carbocycles. The molecule has 0 saturated carbocycles. The topological polar surface area (TPSA) is 40.0 Å². The van der Waals surface area contributed by atoms with Gasteiger partial charge in [0.25, 0.3) is 0 Å². The van der Waals surface area contributed by atoms with Crippen molar-refractivity contribution in [3.63, 3.8) is 0 Å². The smallest absolute Gasteiger partial charge is 0.161 e. The third-order valence-corrected chi connectivity index (χ3v) is 5.21. The first kappa shape index (κ1) is 15.3. The van der Waals surface area contributed by atoms with E-state index in [1.54, 1.807) is 24.1 Å². The average molecular weight is 304 g/mol. The van der Waals surface area contributed by atoms with Gasteiger partial charge in [0, 0.05) is 11.5 Å². The minimum atomic E-state index is 0.616. The van der Waals surface area contributed by atoms with E-state index in [2.05, 4.69) is 0 Å². The number of ether oxygens (including phenoxy) is 2.